The molecule has 1 aromatic heterocycles. The van der Waals surface area contributed by atoms with Gasteiger partial charge in [0.2, 0.25) is 0 Å². The van der Waals surface area contributed by atoms with Gasteiger partial charge in [-0.1, -0.05) is 37.2 Å². The van der Waals surface area contributed by atoms with Crippen molar-refractivity contribution in [2.24, 2.45) is 5.84 Å². The molecular formula is C22H29N3S. The lowest BCUT2D eigenvalue weighted by Crippen LogP contribution is -2.22. The molecule has 3 N–H and O–H groups in total. The summed E-state index contributed by atoms with van der Waals surface area (Å²) in [5.74, 6) is 6.70. The summed E-state index contributed by atoms with van der Waals surface area (Å²) in [6.45, 7) is 10.0. The van der Waals surface area contributed by atoms with Gasteiger partial charge < -0.3 is 4.98 Å². The van der Waals surface area contributed by atoms with E-state index in [2.05, 4.69) is 62.0 Å². The quantitative estimate of drug-likeness (QED) is 0.453. The lowest BCUT2D eigenvalue weighted by molar-refractivity contribution is 0.524. The normalized spacial score (nSPS) is 15.5. The third kappa shape index (κ3) is 4.08. The van der Waals surface area contributed by atoms with Crippen LogP contribution in [0.2, 0.25) is 0 Å². The zero-order chi connectivity index (χ0) is 18.7. The molecule has 0 spiro atoms. The van der Waals surface area contributed by atoms with Crippen LogP contribution in [-0.4, -0.2) is 9.99 Å². The standard InChI is InChI=1S/C22H29N3S/c1-5-25(23)22(15(2)3)26-14-16(4)18-10-11-20-19(12-18)13-21(24-20)17-8-6-7-9-17/h5,10-14,17,24H,1,6-9,23H2,2-4H3/b16-14+. The maximum atomic E-state index is 5.98. The lowest BCUT2D eigenvalue weighted by Gasteiger charge is -2.17. The second-order valence-electron chi connectivity index (χ2n) is 7.32. The van der Waals surface area contributed by atoms with E-state index in [1.54, 1.807) is 23.0 Å². The van der Waals surface area contributed by atoms with Gasteiger partial charge in [0.1, 0.15) is 0 Å². The van der Waals surface area contributed by atoms with Crippen molar-refractivity contribution in [3.8, 4) is 0 Å². The molecule has 2 aromatic rings. The third-order valence-corrected chi connectivity index (χ3v) is 6.41. The molecule has 0 unspecified atom stereocenters. The molecule has 138 valence electrons. The van der Waals surface area contributed by atoms with Crippen molar-refractivity contribution in [3.63, 3.8) is 0 Å². The smallest absolute Gasteiger partial charge is 0.0926 e. The van der Waals surface area contributed by atoms with Gasteiger partial charge in [0.05, 0.1) is 5.03 Å². The van der Waals surface area contributed by atoms with Crippen molar-refractivity contribution in [1.82, 2.24) is 9.99 Å². The van der Waals surface area contributed by atoms with Crippen molar-refractivity contribution in [2.75, 3.05) is 0 Å². The number of benzene rings is 1. The average Bonchev–Trinajstić information content (AvgIpc) is 3.29. The molecule has 1 aliphatic carbocycles. The minimum atomic E-state index is 0.715. The van der Waals surface area contributed by atoms with Crippen LogP contribution in [0, 0.1) is 0 Å². The number of aromatic nitrogens is 1. The number of hydrogen-bond donors (Lipinski definition) is 2. The van der Waals surface area contributed by atoms with E-state index in [1.807, 2.05) is 0 Å². The van der Waals surface area contributed by atoms with E-state index in [0.717, 1.165) is 5.03 Å². The minimum Gasteiger partial charge on any atom is -0.358 e. The number of H-pyrrole nitrogens is 1. The maximum Gasteiger partial charge on any atom is 0.0926 e. The van der Waals surface area contributed by atoms with Gasteiger partial charge in [0, 0.05) is 22.8 Å². The largest absolute Gasteiger partial charge is 0.358 e. The summed E-state index contributed by atoms with van der Waals surface area (Å²) < 4.78 is 0. The maximum absolute atomic E-state index is 5.98. The Morgan fingerprint density at radius 3 is 2.62 bits per heavy atom. The van der Waals surface area contributed by atoms with E-state index in [1.165, 1.54) is 59.0 Å². The molecule has 0 aliphatic heterocycles. The van der Waals surface area contributed by atoms with Gasteiger partial charge in [-0.25, -0.2) is 5.84 Å². The van der Waals surface area contributed by atoms with E-state index in [0.29, 0.717) is 5.92 Å². The second-order valence-corrected chi connectivity index (χ2v) is 8.18. The van der Waals surface area contributed by atoms with Gasteiger partial charge in [0.15, 0.2) is 0 Å². The molecule has 0 atom stereocenters. The van der Waals surface area contributed by atoms with Crippen LogP contribution in [-0.2, 0) is 0 Å². The summed E-state index contributed by atoms with van der Waals surface area (Å²) in [7, 11) is 0. The number of allylic oxidation sites excluding steroid dienone is 2. The first-order valence-electron chi connectivity index (χ1n) is 9.30. The minimum absolute atomic E-state index is 0.715. The summed E-state index contributed by atoms with van der Waals surface area (Å²) >= 11 is 1.64. The van der Waals surface area contributed by atoms with Crippen LogP contribution in [0.3, 0.4) is 0 Å². The lowest BCUT2D eigenvalue weighted by atomic mass is 10.0. The molecule has 1 fully saturated rings. The SMILES string of the molecule is C=CN(N)C(S/C=C(\C)c1ccc2[nH]c(C3CCCC3)cc2c1)=C(C)C. The molecule has 1 aromatic carbocycles. The number of aromatic amines is 1. The fraction of sp³-hybridized carbons (Fsp3) is 0.364. The first-order valence-corrected chi connectivity index (χ1v) is 10.2. The average molecular weight is 368 g/mol. The summed E-state index contributed by atoms with van der Waals surface area (Å²) in [5, 5.41) is 6.05. The van der Waals surface area contributed by atoms with Gasteiger partial charge >= 0.3 is 0 Å². The molecule has 0 saturated heterocycles. The van der Waals surface area contributed by atoms with Crippen molar-refractivity contribution >= 4 is 28.2 Å². The van der Waals surface area contributed by atoms with Crippen molar-refractivity contribution in [3.05, 3.63) is 64.3 Å². The number of thioether (sulfide) groups is 1. The number of fused-ring (bicyclic) bond motifs is 1. The van der Waals surface area contributed by atoms with Crippen molar-refractivity contribution in [1.29, 1.82) is 0 Å². The highest BCUT2D eigenvalue weighted by Gasteiger charge is 2.18. The highest BCUT2D eigenvalue weighted by atomic mass is 32.2. The Morgan fingerprint density at radius 1 is 1.23 bits per heavy atom. The number of nitrogens with one attached hydrogen (secondary N) is 1. The summed E-state index contributed by atoms with van der Waals surface area (Å²) in [4.78, 5) is 3.62. The fourth-order valence-electron chi connectivity index (χ4n) is 3.59. The predicted molar refractivity (Wildman–Crippen MR) is 115 cm³/mol. The molecule has 0 amide bonds. The Balaban J connectivity index is 1.82. The van der Waals surface area contributed by atoms with Crippen molar-refractivity contribution in [2.45, 2.75) is 52.4 Å². The van der Waals surface area contributed by atoms with E-state index in [-0.39, 0.29) is 0 Å². The molecule has 26 heavy (non-hydrogen) atoms. The van der Waals surface area contributed by atoms with Crippen molar-refractivity contribution < 1.29 is 0 Å². The summed E-state index contributed by atoms with van der Waals surface area (Å²) in [6.07, 6.45) is 6.99. The first kappa shape index (κ1) is 18.9. The van der Waals surface area contributed by atoms with E-state index >= 15 is 0 Å². The van der Waals surface area contributed by atoms with Crippen LogP contribution >= 0.6 is 11.8 Å². The zero-order valence-electron chi connectivity index (χ0n) is 16.0. The van der Waals surface area contributed by atoms with Crippen LogP contribution in [0.4, 0.5) is 0 Å². The highest BCUT2D eigenvalue weighted by Crippen LogP contribution is 2.35. The van der Waals surface area contributed by atoms with E-state index in [4.69, 9.17) is 5.84 Å². The molecule has 4 heteroatoms. The van der Waals surface area contributed by atoms with Crippen LogP contribution in [0.15, 0.2) is 53.1 Å². The molecule has 3 nitrogen and oxygen atoms in total. The molecule has 1 saturated carbocycles. The first-order chi connectivity index (χ1) is 12.5. The van der Waals surface area contributed by atoms with Gasteiger partial charge in [-0.05, 0) is 79.8 Å². The number of nitrogens with two attached hydrogens (primary N) is 1. The molecule has 1 heterocycles. The predicted octanol–water partition coefficient (Wildman–Crippen LogP) is 6.49. The Bertz CT molecular complexity index is 849. The molecule has 0 bridgehead atoms. The zero-order valence-corrected chi connectivity index (χ0v) is 16.8. The summed E-state index contributed by atoms with van der Waals surface area (Å²) in [5.41, 5.74) is 6.29. The van der Waals surface area contributed by atoms with E-state index in [9.17, 15) is 0 Å². The van der Waals surface area contributed by atoms with E-state index < -0.39 is 0 Å². The number of rotatable bonds is 6. The Hall–Kier alpha value is -1.91. The van der Waals surface area contributed by atoms with Crippen LogP contribution in [0.25, 0.3) is 16.5 Å². The Labute approximate surface area is 161 Å². The molecule has 0 radical (unpaired) electrons. The number of hydrazine groups is 1. The van der Waals surface area contributed by atoms with Crippen LogP contribution in [0.5, 0.6) is 0 Å². The summed E-state index contributed by atoms with van der Waals surface area (Å²) in [6, 6.07) is 9.02. The van der Waals surface area contributed by atoms with Gasteiger partial charge in [-0.3, -0.25) is 5.01 Å². The van der Waals surface area contributed by atoms with Crippen LogP contribution in [0.1, 0.15) is 63.6 Å². The Morgan fingerprint density at radius 2 is 1.96 bits per heavy atom. The topological polar surface area (TPSA) is 45.0 Å². The number of hydrogen-bond acceptors (Lipinski definition) is 3. The Kier molecular flexibility index (Phi) is 5.94. The number of nitrogens with zero attached hydrogens (tertiary/aromatic N) is 1. The van der Waals surface area contributed by atoms with Gasteiger partial charge in [0.25, 0.3) is 0 Å². The molecular weight excluding hydrogens is 338 g/mol. The van der Waals surface area contributed by atoms with Gasteiger partial charge in [-0.2, -0.15) is 0 Å². The highest BCUT2D eigenvalue weighted by molar-refractivity contribution is 8.05. The van der Waals surface area contributed by atoms with Gasteiger partial charge in [-0.15, -0.1) is 0 Å². The third-order valence-electron chi connectivity index (χ3n) is 5.10. The monoisotopic (exact) mass is 367 g/mol. The second kappa shape index (κ2) is 8.19. The molecule has 1 aliphatic rings. The fourth-order valence-corrected chi connectivity index (χ4v) is 4.45. The molecule has 3 rings (SSSR count). The van der Waals surface area contributed by atoms with Crippen LogP contribution < -0.4 is 5.84 Å².